The quantitative estimate of drug-likeness (QED) is 0.681. The molecule has 0 saturated carbocycles. The van der Waals surface area contributed by atoms with E-state index in [4.69, 9.17) is 9.68 Å². The molecule has 0 amide bonds. The third-order valence-electron chi connectivity index (χ3n) is 2.01. The zero-order valence-electron chi connectivity index (χ0n) is 7.36. The minimum Gasteiger partial charge on any atom is -0.464 e. The van der Waals surface area contributed by atoms with Crippen molar-refractivity contribution in [2.24, 2.45) is 0 Å². The third kappa shape index (κ3) is 1.38. The molecule has 0 atom stereocenters. The first-order chi connectivity index (χ1) is 6.81. The van der Waals surface area contributed by atoms with Crippen LogP contribution in [0.15, 0.2) is 39.7 Å². The summed E-state index contributed by atoms with van der Waals surface area (Å²) in [5.74, 6) is 0. The topological polar surface area (TPSA) is 54.0 Å². The van der Waals surface area contributed by atoms with Crippen molar-refractivity contribution in [1.29, 1.82) is 5.26 Å². The van der Waals surface area contributed by atoms with Gasteiger partial charge in [0.2, 0.25) is 0 Å². The second-order valence-electron chi connectivity index (χ2n) is 2.95. The van der Waals surface area contributed by atoms with Gasteiger partial charge in [-0.2, -0.15) is 5.26 Å². The van der Waals surface area contributed by atoms with Crippen LogP contribution in [0.3, 0.4) is 0 Å². The lowest BCUT2D eigenvalue weighted by Crippen LogP contribution is -1.98. The van der Waals surface area contributed by atoms with E-state index in [-0.39, 0.29) is 5.43 Å². The fourth-order valence-electron chi connectivity index (χ4n) is 1.33. The highest BCUT2D eigenvalue weighted by Gasteiger charge is 2.00. The van der Waals surface area contributed by atoms with Gasteiger partial charge in [0, 0.05) is 6.07 Å². The minimum absolute atomic E-state index is 0.0777. The van der Waals surface area contributed by atoms with Gasteiger partial charge in [0.25, 0.3) is 0 Å². The molecule has 2 rings (SSSR count). The molecule has 1 heterocycles. The van der Waals surface area contributed by atoms with Crippen LogP contribution in [0.4, 0.5) is 0 Å². The number of nitriles is 1. The van der Waals surface area contributed by atoms with E-state index in [1.165, 1.54) is 12.3 Å². The molecule has 14 heavy (non-hydrogen) atoms. The normalized spacial score (nSPS) is 9.93. The van der Waals surface area contributed by atoms with Crippen LogP contribution in [-0.2, 0) is 6.42 Å². The van der Waals surface area contributed by atoms with Crippen LogP contribution < -0.4 is 5.43 Å². The molecule has 0 bridgehead atoms. The zero-order valence-corrected chi connectivity index (χ0v) is 7.36. The van der Waals surface area contributed by atoms with Crippen molar-refractivity contribution in [3.05, 3.63) is 46.3 Å². The number of fused-ring (bicyclic) bond motifs is 1. The van der Waals surface area contributed by atoms with Gasteiger partial charge < -0.3 is 4.42 Å². The lowest BCUT2D eigenvalue weighted by atomic mass is 10.1. The summed E-state index contributed by atoms with van der Waals surface area (Å²) in [6, 6.07) is 8.61. The van der Waals surface area contributed by atoms with Crippen molar-refractivity contribution in [3.63, 3.8) is 0 Å². The molecule has 0 spiro atoms. The Morgan fingerprint density at radius 3 is 3.00 bits per heavy atom. The highest BCUT2D eigenvalue weighted by atomic mass is 16.3. The van der Waals surface area contributed by atoms with Gasteiger partial charge in [0.15, 0.2) is 5.43 Å². The maximum Gasteiger partial charge on any atom is 0.192 e. The average Bonchev–Trinajstić information content (AvgIpc) is 2.20. The Morgan fingerprint density at radius 1 is 1.36 bits per heavy atom. The number of rotatable bonds is 1. The van der Waals surface area contributed by atoms with E-state index < -0.39 is 0 Å². The molecule has 68 valence electrons. The van der Waals surface area contributed by atoms with Gasteiger partial charge in [-0.15, -0.1) is 0 Å². The molecule has 1 aromatic heterocycles. The molecule has 0 aliphatic heterocycles. The Bertz CT molecular complexity index is 563. The molecule has 0 fully saturated rings. The molecule has 0 saturated heterocycles. The van der Waals surface area contributed by atoms with Crippen LogP contribution in [0.25, 0.3) is 11.0 Å². The summed E-state index contributed by atoms with van der Waals surface area (Å²) < 4.78 is 5.14. The van der Waals surface area contributed by atoms with Crippen LogP contribution in [0.1, 0.15) is 5.56 Å². The van der Waals surface area contributed by atoms with Gasteiger partial charge in [0.1, 0.15) is 5.58 Å². The Hall–Kier alpha value is -2.08. The molecular formula is C11H7NO2. The van der Waals surface area contributed by atoms with E-state index in [1.807, 2.05) is 6.07 Å². The number of hydrogen-bond donors (Lipinski definition) is 0. The summed E-state index contributed by atoms with van der Waals surface area (Å²) in [6.45, 7) is 0. The summed E-state index contributed by atoms with van der Waals surface area (Å²) >= 11 is 0. The molecule has 0 unspecified atom stereocenters. The Balaban J connectivity index is 2.71. The molecule has 2 aromatic rings. The van der Waals surface area contributed by atoms with E-state index >= 15 is 0 Å². The van der Waals surface area contributed by atoms with Crippen molar-refractivity contribution >= 4 is 11.0 Å². The third-order valence-corrected chi connectivity index (χ3v) is 2.01. The van der Waals surface area contributed by atoms with Gasteiger partial charge in [-0.1, -0.05) is 6.07 Å². The summed E-state index contributed by atoms with van der Waals surface area (Å²) in [5, 5.41) is 9.04. The van der Waals surface area contributed by atoms with E-state index in [0.717, 1.165) is 5.56 Å². The first kappa shape index (κ1) is 8.52. The highest BCUT2D eigenvalue weighted by Crippen LogP contribution is 2.12. The zero-order chi connectivity index (χ0) is 9.97. The maximum absolute atomic E-state index is 11.4. The monoisotopic (exact) mass is 185 g/mol. The van der Waals surface area contributed by atoms with Crippen LogP contribution in [0, 0.1) is 11.3 Å². The molecule has 1 aromatic carbocycles. The predicted octanol–water partition coefficient (Wildman–Crippen LogP) is 1.86. The van der Waals surface area contributed by atoms with E-state index in [9.17, 15) is 4.79 Å². The fourth-order valence-corrected chi connectivity index (χ4v) is 1.33. The minimum atomic E-state index is -0.0777. The number of nitrogens with zero attached hydrogens (tertiary/aromatic N) is 1. The first-order valence-electron chi connectivity index (χ1n) is 4.18. The van der Waals surface area contributed by atoms with Gasteiger partial charge in [-0.25, -0.2) is 0 Å². The standard InChI is InChI=1S/C11H7NO2/c12-5-3-8-1-2-11-9(7-8)10(13)4-6-14-11/h1-2,4,6-7H,3H2. The molecular weight excluding hydrogens is 178 g/mol. The molecule has 0 N–H and O–H groups in total. The van der Waals surface area contributed by atoms with Crippen LogP contribution in [-0.4, -0.2) is 0 Å². The maximum atomic E-state index is 11.4. The first-order valence-corrected chi connectivity index (χ1v) is 4.18. The van der Waals surface area contributed by atoms with Gasteiger partial charge in [-0.3, -0.25) is 4.79 Å². The molecule has 0 aliphatic rings. The highest BCUT2D eigenvalue weighted by molar-refractivity contribution is 5.76. The summed E-state index contributed by atoms with van der Waals surface area (Å²) in [5.41, 5.74) is 1.31. The lowest BCUT2D eigenvalue weighted by molar-refractivity contribution is 0.602. The van der Waals surface area contributed by atoms with Crippen LogP contribution >= 0.6 is 0 Å². The molecule has 3 nitrogen and oxygen atoms in total. The van der Waals surface area contributed by atoms with E-state index in [2.05, 4.69) is 0 Å². The second-order valence-corrected chi connectivity index (χ2v) is 2.95. The Morgan fingerprint density at radius 2 is 2.21 bits per heavy atom. The molecule has 0 aliphatic carbocycles. The predicted molar refractivity (Wildman–Crippen MR) is 51.8 cm³/mol. The van der Waals surface area contributed by atoms with Crippen molar-refractivity contribution in [2.75, 3.05) is 0 Å². The molecule has 0 radical (unpaired) electrons. The number of benzene rings is 1. The van der Waals surface area contributed by atoms with Crippen molar-refractivity contribution in [3.8, 4) is 6.07 Å². The largest absolute Gasteiger partial charge is 0.464 e. The fraction of sp³-hybridized carbons (Fsp3) is 0.0909. The van der Waals surface area contributed by atoms with Crippen molar-refractivity contribution in [2.45, 2.75) is 6.42 Å². The summed E-state index contributed by atoms with van der Waals surface area (Å²) in [7, 11) is 0. The van der Waals surface area contributed by atoms with Crippen molar-refractivity contribution in [1.82, 2.24) is 0 Å². The van der Waals surface area contributed by atoms with Gasteiger partial charge in [0.05, 0.1) is 24.1 Å². The van der Waals surface area contributed by atoms with Crippen LogP contribution in [0.5, 0.6) is 0 Å². The van der Waals surface area contributed by atoms with E-state index in [0.29, 0.717) is 17.4 Å². The summed E-state index contributed by atoms with van der Waals surface area (Å²) in [6.07, 6.45) is 1.68. The van der Waals surface area contributed by atoms with Gasteiger partial charge >= 0.3 is 0 Å². The average molecular weight is 185 g/mol. The van der Waals surface area contributed by atoms with E-state index in [1.54, 1.807) is 18.2 Å². The van der Waals surface area contributed by atoms with Crippen LogP contribution in [0.2, 0.25) is 0 Å². The second kappa shape index (κ2) is 3.35. The Kier molecular flexibility index (Phi) is 2.04. The number of hydrogen-bond acceptors (Lipinski definition) is 3. The van der Waals surface area contributed by atoms with Gasteiger partial charge in [-0.05, 0) is 17.7 Å². The molecule has 3 heteroatoms. The Labute approximate surface area is 80.2 Å². The van der Waals surface area contributed by atoms with Crippen molar-refractivity contribution < 1.29 is 4.42 Å². The lowest BCUT2D eigenvalue weighted by Gasteiger charge is -1.97. The SMILES string of the molecule is N#CCc1ccc2occc(=O)c2c1. The summed E-state index contributed by atoms with van der Waals surface area (Å²) in [4.78, 5) is 11.4. The smallest absolute Gasteiger partial charge is 0.192 e.